The Kier molecular flexibility index (Phi) is 5.35. The first-order chi connectivity index (χ1) is 17.5. The lowest BCUT2D eigenvalue weighted by Gasteiger charge is -2.22. The van der Waals surface area contributed by atoms with Crippen molar-refractivity contribution in [2.24, 2.45) is 0 Å². The second-order valence-electron chi connectivity index (χ2n) is 8.20. The van der Waals surface area contributed by atoms with Crippen LogP contribution in [0.2, 0.25) is 5.02 Å². The van der Waals surface area contributed by atoms with Gasteiger partial charge in [-0.1, -0.05) is 47.2 Å². The zero-order valence-electron chi connectivity index (χ0n) is 18.9. The molecule has 0 radical (unpaired) electrons. The summed E-state index contributed by atoms with van der Waals surface area (Å²) in [6.07, 6.45) is 0. The molecule has 0 spiro atoms. The number of fused-ring (bicyclic) bond motifs is 3. The minimum Gasteiger partial charge on any atom is -0.462 e. The minimum atomic E-state index is -0.754. The lowest BCUT2D eigenvalue weighted by atomic mass is 9.99. The van der Waals surface area contributed by atoms with Crippen molar-refractivity contribution in [2.45, 2.75) is 13.0 Å². The first-order valence-corrected chi connectivity index (χ1v) is 12.4. The molecule has 1 amide bonds. The van der Waals surface area contributed by atoms with Crippen LogP contribution in [0.5, 0.6) is 0 Å². The van der Waals surface area contributed by atoms with Crippen LogP contribution in [0.1, 0.15) is 45.0 Å². The molecule has 0 unspecified atom stereocenters. The molecule has 6 rings (SSSR count). The molecule has 1 aliphatic rings. The monoisotopic (exact) mass is 516 g/mol. The molecule has 0 N–H and O–H groups in total. The number of carbonyl (C=O) groups is 2. The molecule has 9 heteroatoms. The van der Waals surface area contributed by atoms with Gasteiger partial charge in [0, 0.05) is 5.02 Å². The largest absolute Gasteiger partial charge is 0.462 e. The Morgan fingerprint density at radius 3 is 2.67 bits per heavy atom. The zero-order chi connectivity index (χ0) is 25.0. The topological polar surface area (TPSA) is 89.7 Å². The van der Waals surface area contributed by atoms with Crippen molar-refractivity contribution in [3.05, 3.63) is 104 Å². The number of carbonyl (C=O) groups excluding carboxylic acids is 2. The maximum absolute atomic E-state index is 13.7. The van der Waals surface area contributed by atoms with Crippen LogP contribution in [0, 0.1) is 0 Å². The summed E-state index contributed by atoms with van der Waals surface area (Å²) in [6, 6.07) is 18.1. The summed E-state index contributed by atoms with van der Waals surface area (Å²) in [6.45, 7) is 2.01. The van der Waals surface area contributed by atoms with Gasteiger partial charge in [0.05, 0.1) is 39.4 Å². The van der Waals surface area contributed by atoms with Gasteiger partial charge in [0.25, 0.3) is 5.91 Å². The molecule has 0 bridgehead atoms. The van der Waals surface area contributed by atoms with E-state index >= 15 is 0 Å². The number of hydrogen-bond donors (Lipinski definition) is 0. The molecule has 1 aliphatic heterocycles. The number of benzene rings is 3. The summed E-state index contributed by atoms with van der Waals surface area (Å²) in [4.78, 5) is 45.7. The van der Waals surface area contributed by atoms with Crippen LogP contribution in [0.4, 0.5) is 5.13 Å². The molecule has 7 nitrogen and oxygen atoms in total. The summed E-state index contributed by atoms with van der Waals surface area (Å²) in [7, 11) is 0. The maximum Gasteiger partial charge on any atom is 0.338 e. The molecule has 178 valence electrons. The van der Waals surface area contributed by atoms with E-state index in [2.05, 4.69) is 4.98 Å². The fourth-order valence-electron chi connectivity index (χ4n) is 4.43. The molecule has 0 aliphatic carbocycles. The number of anilines is 1. The van der Waals surface area contributed by atoms with Crippen molar-refractivity contribution < 1.29 is 18.7 Å². The average Bonchev–Trinajstić information content (AvgIpc) is 3.43. The van der Waals surface area contributed by atoms with E-state index in [1.165, 1.54) is 16.2 Å². The van der Waals surface area contributed by atoms with Crippen LogP contribution in [0.25, 0.3) is 21.2 Å². The van der Waals surface area contributed by atoms with Crippen molar-refractivity contribution in [1.82, 2.24) is 4.98 Å². The van der Waals surface area contributed by atoms with Gasteiger partial charge >= 0.3 is 5.97 Å². The number of ether oxygens (including phenoxy) is 1. The van der Waals surface area contributed by atoms with Gasteiger partial charge in [-0.3, -0.25) is 14.5 Å². The molecule has 5 aromatic rings. The maximum atomic E-state index is 13.7. The van der Waals surface area contributed by atoms with Crippen LogP contribution in [-0.4, -0.2) is 23.5 Å². The van der Waals surface area contributed by atoms with Gasteiger partial charge in [0.1, 0.15) is 5.58 Å². The van der Waals surface area contributed by atoms with Crippen LogP contribution in [-0.2, 0) is 4.74 Å². The number of thiazole rings is 1. The van der Waals surface area contributed by atoms with Crippen LogP contribution < -0.4 is 10.3 Å². The number of para-hydroxylation sites is 1. The summed E-state index contributed by atoms with van der Waals surface area (Å²) in [5, 5.41) is 1.31. The highest BCUT2D eigenvalue weighted by atomic mass is 35.5. The highest BCUT2D eigenvalue weighted by molar-refractivity contribution is 7.22. The highest BCUT2D eigenvalue weighted by Crippen LogP contribution is 2.43. The Hall–Kier alpha value is -4.01. The molecular formula is C27H17ClN2O5S. The van der Waals surface area contributed by atoms with E-state index in [0.717, 1.165) is 0 Å². The standard InChI is InChI=1S/C27H17ClN2O5S/c1-2-34-26(33)15-9-12-18-20(13-15)36-27(29-18)30-22(14-7-10-16(28)11-8-14)21-23(31)17-5-3-4-6-19(17)35-24(21)25(30)32/h3-13,22H,2H2,1H3/t22-/m1/s1. The number of amides is 1. The van der Waals surface area contributed by atoms with Gasteiger partial charge in [0.2, 0.25) is 5.76 Å². The van der Waals surface area contributed by atoms with Crippen molar-refractivity contribution in [3.63, 3.8) is 0 Å². The average molecular weight is 517 g/mol. The zero-order valence-corrected chi connectivity index (χ0v) is 20.4. The van der Waals surface area contributed by atoms with E-state index in [1.807, 2.05) is 0 Å². The first-order valence-electron chi connectivity index (χ1n) is 11.2. The van der Waals surface area contributed by atoms with Crippen molar-refractivity contribution >= 4 is 61.1 Å². The SMILES string of the molecule is CCOC(=O)c1ccc2nc(N3C(=O)c4oc5ccccc5c(=O)c4[C@H]3c3ccc(Cl)cc3)sc2c1. The van der Waals surface area contributed by atoms with E-state index in [9.17, 15) is 14.4 Å². The van der Waals surface area contributed by atoms with Crippen LogP contribution in [0.3, 0.4) is 0 Å². The smallest absolute Gasteiger partial charge is 0.338 e. The number of rotatable bonds is 4. The number of hydrogen-bond acceptors (Lipinski definition) is 7. The molecule has 0 saturated heterocycles. The first kappa shape index (κ1) is 22.5. The Bertz CT molecular complexity index is 1740. The number of aromatic nitrogens is 1. The minimum absolute atomic E-state index is 0.00915. The van der Waals surface area contributed by atoms with E-state index in [1.54, 1.807) is 73.7 Å². The molecule has 0 fully saturated rings. The Morgan fingerprint density at radius 2 is 1.89 bits per heavy atom. The van der Waals surface area contributed by atoms with E-state index < -0.39 is 17.9 Å². The Balaban J connectivity index is 1.55. The number of esters is 1. The molecule has 3 aromatic carbocycles. The van der Waals surface area contributed by atoms with Gasteiger partial charge < -0.3 is 9.15 Å². The quantitative estimate of drug-likeness (QED) is 0.273. The van der Waals surface area contributed by atoms with Gasteiger partial charge in [0.15, 0.2) is 10.6 Å². The Labute approximate surface area is 213 Å². The lowest BCUT2D eigenvalue weighted by Crippen LogP contribution is -2.29. The third-order valence-electron chi connectivity index (χ3n) is 6.06. The van der Waals surface area contributed by atoms with Crippen molar-refractivity contribution in [3.8, 4) is 0 Å². The summed E-state index contributed by atoms with van der Waals surface area (Å²) < 4.78 is 11.8. The van der Waals surface area contributed by atoms with E-state index in [0.29, 0.717) is 42.5 Å². The fraction of sp³-hybridized carbons (Fsp3) is 0.111. The molecule has 3 heterocycles. The van der Waals surface area contributed by atoms with Crippen molar-refractivity contribution in [1.29, 1.82) is 0 Å². The summed E-state index contributed by atoms with van der Waals surface area (Å²) in [5.74, 6) is -0.901. The number of halogens is 1. The third kappa shape index (κ3) is 3.49. The van der Waals surface area contributed by atoms with Gasteiger partial charge in [-0.15, -0.1) is 0 Å². The predicted octanol–water partition coefficient (Wildman–Crippen LogP) is 5.98. The number of nitrogens with zero attached hydrogens (tertiary/aromatic N) is 2. The third-order valence-corrected chi connectivity index (χ3v) is 7.33. The van der Waals surface area contributed by atoms with E-state index in [4.69, 9.17) is 20.8 Å². The predicted molar refractivity (Wildman–Crippen MR) is 138 cm³/mol. The molecule has 36 heavy (non-hydrogen) atoms. The van der Waals surface area contributed by atoms with Gasteiger partial charge in [-0.05, 0) is 55.0 Å². The van der Waals surface area contributed by atoms with Crippen LogP contribution >= 0.6 is 22.9 Å². The van der Waals surface area contributed by atoms with Crippen molar-refractivity contribution in [2.75, 3.05) is 11.5 Å². The normalized spacial score (nSPS) is 15.0. The van der Waals surface area contributed by atoms with E-state index in [-0.39, 0.29) is 23.4 Å². The Morgan fingerprint density at radius 1 is 1.11 bits per heavy atom. The summed E-state index contributed by atoms with van der Waals surface area (Å²) in [5.41, 5.74) is 2.04. The second kappa shape index (κ2) is 8.58. The fourth-order valence-corrected chi connectivity index (χ4v) is 5.59. The second-order valence-corrected chi connectivity index (χ2v) is 9.64. The molecule has 1 atom stereocenters. The molecular weight excluding hydrogens is 500 g/mol. The van der Waals surface area contributed by atoms with Gasteiger partial charge in [-0.2, -0.15) is 0 Å². The molecule has 2 aromatic heterocycles. The van der Waals surface area contributed by atoms with Crippen LogP contribution in [0.15, 0.2) is 75.9 Å². The highest BCUT2D eigenvalue weighted by Gasteiger charge is 2.45. The summed E-state index contributed by atoms with van der Waals surface area (Å²) >= 11 is 7.36. The van der Waals surface area contributed by atoms with Gasteiger partial charge in [-0.25, -0.2) is 9.78 Å². The molecule has 0 saturated carbocycles. The lowest BCUT2D eigenvalue weighted by molar-refractivity contribution is 0.0526.